The zero-order chi connectivity index (χ0) is 51.5. The molecule has 0 aromatic heterocycles. The van der Waals surface area contributed by atoms with Gasteiger partial charge in [-0.1, -0.05) is 354 Å². The molecule has 0 fully saturated rings. The van der Waals surface area contributed by atoms with Crippen molar-refractivity contribution in [2.45, 2.75) is 380 Å². The molecule has 0 radical (unpaired) electrons. The summed E-state index contributed by atoms with van der Waals surface area (Å²) in [6, 6.07) is 0. The topological polar surface area (TPSA) is 102 Å². The lowest BCUT2D eigenvalue weighted by atomic mass is 10.0. The Morgan fingerprint density at radius 1 is 0.324 bits per heavy atom. The van der Waals surface area contributed by atoms with Gasteiger partial charge in [0.15, 0.2) is 0 Å². The molecule has 2 N–H and O–H groups in total. The third-order valence-electron chi connectivity index (χ3n) is 15.2. The van der Waals surface area contributed by atoms with Gasteiger partial charge in [-0.15, -0.1) is 0 Å². The summed E-state index contributed by atoms with van der Waals surface area (Å²) in [5, 5.41) is 0. The van der Waals surface area contributed by atoms with E-state index in [0.29, 0.717) is 13.0 Å². The smallest absolute Gasteiger partial charge is 0.457 e. The molecule has 8 heteroatoms. The van der Waals surface area contributed by atoms with E-state index < -0.39 is 13.9 Å². The summed E-state index contributed by atoms with van der Waals surface area (Å²) in [4.78, 5) is 30.9. The van der Waals surface area contributed by atoms with Gasteiger partial charge in [-0.05, 0) is 12.8 Å². The summed E-state index contributed by atoms with van der Waals surface area (Å²) in [5.74, 6) is -0.349. The van der Waals surface area contributed by atoms with Gasteiger partial charge in [0.05, 0.1) is 13.2 Å². The van der Waals surface area contributed by atoms with Crippen molar-refractivity contribution in [3.8, 4) is 0 Å². The third kappa shape index (κ3) is 63.8. The van der Waals surface area contributed by atoms with E-state index in [0.717, 1.165) is 32.1 Å². The molecule has 0 aliphatic rings. The fourth-order valence-electron chi connectivity index (χ4n) is 10.4. The minimum absolute atomic E-state index is 0.0879. The van der Waals surface area contributed by atoms with E-state index in [1.807, 2.05) is 0 Å². The second kappa shape index (κ2) is 60.4. The lowest BCUT2D eigenvalue weighted by Crippen LogP contribution is -2.28. The molecule has 0 spiro atoms. The van der Waals surface area contributed by atoms with Crippen molar-refractivity contribution >= 4 is 13.8 Å². The van der Waals surface area contributed by atoms with Gasteiger partial charge in [-0.25, -0.2) is 4.57 Å². The van der Waals surface area contributed by atoms with E-state index in [2.05, 4.69) is 18.4 Å². The van der Waals surface area contributed by atoms with Crippen LogP contribution in [0.4, 0.5) is 0 Å². The number of carbonyl (C=O) groups is 1. The van der Waals surface area contributed by atoms with E-state index in [4.69, 9.17) is 9.47 Å². The Kier molecular flexibility index (Phi) is 60.0. The summed E-state index contributed by atoms with van der Waals surface area (Å²) in [7, 11) is -4.66. The maximum absolute atomic E-state index is 12.6. The Balaban J connectivity index is 3.52. The van der Waals surface area contributed by atoms with Crippen LogP contribution in [0.1, 0.15) is 373 Å². The van der Waals surface area contributed by atoms with Crippen LogP contribution < -0.4 is 0 Å². The molecule has 0 unspecified atom stereocenters. The summed E-state index contributed by atoms with van der Waals surface area (Å²) in [5.41, 5.74) is 0. The summed E-state index contributed by atoms with van der Waals surface area (Å²) in [6.45, 7) is 4.85. The first-order valence-corrected chi connectivity index (χ1v) is 33.9. The standard InChI is InChI=1S/C63H127O7P/c1-3-5-7-9-11-13-15-17-19-21-23-25-26-27-28-29-30-31-32-33-34-35-36-37-38-39-40-42-44-46-48-50-52-54-56-58-63(64)70-62(61-69-71(65,66)67)60-68-59-57-55-53-51-49-47-45-43-41-24-22-20-18-16-14-12-10-8-6-4-2/h62H,3-61H2,1-2H3,(H2,65,66,67)/t62-/m1/s1. The van der Waals surface area contributed by atoms with Crippen LogP contribution in [0.25, 0.3) is 0 Å². The molecule has 0 saturated carbocycles. The number of hydrogen-bond donors (Lipinski definition) is 2. The van der Waals surface area contributed by atoms with Crippen molar-refractivity contribution in [3.63, 3.8) is 0 Å². The molecule has 7 nitrogen and oxygen atoms in total. The maximum atomic E-state index is 12.6. The Morgan fingerprint density at radius 3 is 0.761 bits per heavy atom. The number of hydrogen-bond acceptors (Lipinski definition) is 5. The Bertz CT molecular complexity index is 1050. The van der Waals surface area contributed by atoms with Gasteiger partial charge < -0.3 is 19.3 Å². The van der Waals surface area contributed by atoms with Crippen LogP contribution in [0, 0.1) is 0 Å². The molecule has 0 aliphatic carbocycles. The molecule has 0 bridgehead atoms. The second-order valence-electron chi connectivity index (χ2n) is 22.5. The van der Waals surface area contributed by atoms with Gasteiger partial charge in [0.2, 0.25) is 0 Å². The highest BCUT2D eigenvalue weighted by Gasteiger charge is 2.21. The molecule has 0 aliphatic heterocycles. The second-order valence-corrected chi connectivity index (χ2v) is 23.7. The number of phosphoric acid groups is 1. The van der Waals surface area contributed by atoms with Crippen molar-refractivity contribution in [2.75, 3.05) is 19.8 Å². The Hall–Kier alpha value is -0.460. The van der Waals surface area contributed by atoms with Crippen molar-refractivity contribution in [1.82, 2.24) is 0 Å². The van der Waals surface area contributed by atoms with Gasteiger partial charge in [-0.3, -0.25) is 9.32 Å². The number of rotatable bonds is 63. The van der Waals surface area contributed by atoms with Gasteiger partial charge in [-0.2, -0.15) is 0 Å². The first-order valence-electron chi connectivity index (χ1n) is 32.4. The first-order chi connectivity index (χ1) is 34.9. The number of esters is 1. The molecule has 0 saturated heterocycles. The molecule has 426 valence electrons. The van der Waals surface area contributed by atoms with Gasteiger partial charge in [0.25, 0.3) is 0 Å². The first kappa shape index (κ1) is 70.5. The average molecular weight is 1030 g/mol. The largest absolute Gasteiger partial charge is 0.469 e. The molecule has 0 aromatic carbocycles. The zero-order valence-corrected chi connectivity index (χ0v) is 49.1. The molecule has 0 aromatic rings. The van der Waals surface area contributed by atoms with Gasteiger partial charge >= 0.3 is 13.8 Å². The summed E-state index contributed by atoms with van der Waals surface area (Å²) < 4.78 is 27.3. The number of ether oxygens (including phenoxy) is 2. The third-order valence-corrected chi connectivity index (χ3v) is 15.6. The van der Waals surface area contributed by atoms with Crippen LogP contribution in [0.5, 0.6) is 0 Å². The van der Waals surface area contributed by atoms with E-state index in [1.54, 1.807) is 0 Å². The van der Waals surface area contributed by atoms with Crippen molar-refractivity contribution < 1.29 is 33.1 Å². The molecular weight excluding hydrogens is 900 g/mol. The maximum Gasteiger partial charge on any atom is 0.469 e. The lowest BCUT2D eigenvalue weighted by molar-refractivity contribution is -0.154. The van der Waals surface area contributed by atoms with Crippen LogP contribution in [0.3, 0.4) is 0 Å². The minimum atomic E-state index is -4.66. The van der Waals surface area contributed by atoms with Crippen molar-refractivity contribution in [2.24, 2.45) is 0 Å². The Morgan fingerprint density at radius 2 is 0.535 bits per heavy atom. The Labute approximate surface area is 444 Å². The molecule has 0 heterocycles. The van der Waals surface area contributed by atoms with E-state index in [1.165, 1.54) is 321 Å². The van der Waals surface area contributed by atoms with Crippen LogP contribution >= 0.6 is 7.82 Å². The minimum Gasteiger partial charge on any atom is -0.457 e. The normalized spacial score (nSPS) is 12.3. The van der Waals surface area contributed by atoms with Gasteiger partial charge in [0, 0.05) is 13.0 Å². The fraction of sp³-hybridized carbons (Fsp3) is 0.984. The van der Waals surface area contributed by atoms with Crippen molar-refractivity contribution in [3.05, 3.63) is 0 Å². The van der Waals surface area contributed by atoms with Crippen LogP contribution in [0.15, 0.2) is 0 Å². The molecule has 0 rings (SSSR count). The fourth-order valence-corrected chi connectivity index (χ4v) is 10.8. The van der Waals surface area contributed by atoms with Crippen LogP contribution in [-0.4, -0.2) is 41.7 Å². The van der Waals surface area contributed by atoms with Crippen LogP contribution in [0.2, 0.25) is 0 Å². The highest BCUT2D eigenvalue weighted by Crippen LogP contribution is 2.36. The average Bonchev–Trinajstić information content (AvgIpc) is 3.35. The van der Waals surface area contributed by atoms with Crippen LogP contribution in [-0.2, 0) is 23.4 Å². The predicted octanol–water partition coefficient (Wildman–Crippen LogP) is 21.9. The quantitative estimate of drug-likeness (QED) is 0.0355. The molecule has 1 atom stereocenters. The number of carbonyl (C=O) groups excluding carboxylic acids is 1. The number of phosphoric ester groups is 1. The predicted molar refractivity (Wildman–Crippen MR) is 309 cm³/mol. The summed E-state index contributed by atoms with van der Waals surface area (Å²) in [6.07, 6.45) is 74.7. The molecule has 0 amide bonds. The molecular formula is C63H127O7P. The van der Waals surface area contributed by atoms with E-state index in [-0.39, 0.29) is 19.2 Å². The highest BCUT2D eigenvalue weighted by molar-refractivity contribution is 7.46. The highest BCUT2D eigenvalue weighted by atomic mass is 31.2. The van der Waals surface area contributed by atoms with Gasteiger partial charge in [0.1, 0.15) is 6.10 Å². The summed E-state index contributed by atoms with van der Waals surface area (Å²) >= 11 is 0. The van der Waals surface area contributed by atoms with E-state index in [9.17, 15) is 19.1 Å². The molecule has 71 heavy (non-hydrogen) atoms. The monoisotopic (exact) mass is 1030 g/mol. The SMILES string of the molecule is CCCCCCCCCCCCCCCCCCCCCCCCCCCCCCCCCCCCCC(=O)O[C@H](COCCCCCCCCCCCCCCCCCCCCCC)COP(=O)(O)O. The van der Waals surface area contributed by atoms with Crippen molar-refractivity contribution in [1.29, 1.82) is 0 Å². The van der Waals surface area contributed by atoms with E-state index >= 15 is 0 Å². The zero-order valence-electron chi connectivity index (χ0n) is 48.2. The lowest BCUT2D eigenvalue weighted by Gasteiger charge is -2.18. The number of unbranched alkanes of at least 4 members (excludes halogenated alkanes) is 53.